The molecule has 2 aromatic rings. The highest BCUT2D eigenvalue weighted by molar-refractivity contribution is 7.80. The number of nitrogens with one attached hydrogen (secondary N) is 2. The topological polar surface area (TPSA) is 54.9 Å². The molecule has 0 spiro atoms. The maximum atomic E-state index is 6.30. The van der Waals surface area contributed by atoms with Gasteiger partial charge in [-0.2, -0.15) is 5.10 Å². The molecule has 156 valence electrons. The Hall–Kier alpha value is -2.31. The first-order valence-electron chi connectivity index (χ1n) is 9.52. The van der Waals surface area contributed by atoms with E-state index in [0.717, 1.165) is 45.3 Å². The molecule has 5 nitrogen and oxygen atoms in total. The fourth-order valence-corrected chi connectivity index (χ4v) is 3.13. The van der Waals surface area contributed by atoms with E-state index in [9.17, 15) is 0 Å². The van der Waals surface area contributed by atoms with Gasteiger partial charge in [0.05, 0.1) is 13.3 Å². The van der Waals surface area contributed by atoms with Crippen molar-refractivity contribution in [1.29, 1.82) is 0 Å². The van der Waals surface area contributed by atoms with Gasteiger partial charge in [-0.15, -0.1) is 0 Å². The molecule has 0 radical (unpaired) electrons. The van der Waals surface area contributed by atoms with Crippen molar-refractivity contribution in [3.8, 4) is 11.5 Å². The number of hydrogen-bond donors (Lipinski definition) is 2. The third-order valence-electron chi connectivity index (χ3n) is 4.32. The van der Waals surface area contributed by atoms with Crippen LogP contribution in [0.15, 0.2) is 35.4 Å². The van der Waals surface area contributed by atoms with E-state index in [1.165, 1.54) is 0 Å². The maximum Gasteiger partial charge on any atom is 0.186 e. The second-order valence-corrected chi connectivity index (χ2v) is 7.70. The van der Waals surface area contributed by atoms with Gasteiger partial charge < -0.3 is 14.8 Å². The van der Waals surface area contributed by atoms with Gasteiger partial charge in [0.2, 0.25) is 0 Å². The van der Waals surface area contributed by atoms with Crippen LogP contribution < -0.4 is 20.2 Å². The van der Waals surface area contributed by atoms with E-state index in [0.29, 0.717) is 17.6 Å². The van der Waals surface area contributed by atoms with Crippen molar-refractivity contribution >= 4 is 35.1 Å². The fourth-order valence-electron chi connectivity index (χ4n) is 2.76. The molecule has 2 N–H and O–H groups in total. The summed E-state index contributed by atoms with van der Waals surface area (Å²) in [5.74, 6) is 1.89. The second-order valence-electron chi connectivity index (χ2n) is 6.88. The van der Waals surface area contributed by atoms with Crippen molar-refractivity contribution in [1.82, 2.24) is 10.7 Å². The largest absolute Gasteiger partial charge is 0.496 e. The number of aryl methyl sites for hydroxylation is 1. The SMILES string of the molecule is CCNC(=S)N/N=C/c1ccc(OC)c(COc2cc(C)c(Cl)cc2C(C)C)c1. The molecular formula is C22H28ClN3O2S. The lowest BCUT2D eigenvalue weighted by molar-refractivity contribution is 0.292. The van der Waals surface area contributed by atoms with Crippen molar-refractivity contribution in [3.63, 3.8) is 0 Å². The highest BCUT2D eigenvalue weighted by atomic mass is 35.5. The molecule has 0 atom stereocenters. The smallest absolute Gasteiger partial charge is 0.186 e. The summed E-state index contributed by atoms with van der Waals surface area (Å²) >= 11 is 11.4. The normalized spacial score (nSPS) is 11.0. The van der Waals surface area contributed by atoms with Gasteiger partial charge in [0, 0.05) is 17.1 Å². The van der Waals surface area contributed by atoms with Gasteiger partial charge in [0.15, 0.2) is 5.11 Å². The van der Waals surface area contributed by atoms with Crippen LogP contribution in [0.2, 0.25) is 5.02 Å². The molecule has 0 heterocycles. The van der Waals surface area contributed by atoms with Crippen LogP contribution in [0.3, 0.4) is 0 Å². The zero-order valence-corrected chi connectivity index (χ0v) is 19.1. The molecule has 0 saturated carbocycles. The summed E-state index contributed by atoms with van der Waals surface area (Å²) in [6.07, 6.45) is 1.71. The quantitative estimate of drug-likeness (QED) is 0.341. The molecule has 0 bridgehead atoms. The molecule has 0 saturated heterocycles. The minimum absolute atomic E-state index is 0.301. The molecule has 0 aliphatic heterocycles. The molecule has 0 aliphatic carbocycles. The summed E-state index contributed by atoms with van der Waals surface area (Å²) in [6.45, 7) is 9.30. The number of hydrazone groups is 1. The number of hydrogen-bond acceptors (Lipinski definition) is 4. The number of halogens is 1. The number of ether oxygens (including phenoxy) is 2. The molecule has 0 fully saturated rings. The molecule has 7 heteroatoms. The lowest BCUT2D eigenvalue weighted by atomic mass is 10.0. The molecule has 0 aliphatic rings. The Bertz CT molecular complexity index is 885. The van der Waals surface area contributed by atoms with Crippen LogP contribution in [-0.4, -0.2) is 25.0 Å². The standard InChI is InChI=1S/C22H28ClN3O2S/c1-6-24-22(29)26-25-12-16-7-8-20(27-5)17(10-16)13-28-21-9-15(4)19(23)11-18(21)14(2)3/h7-12,14H,6,13H2,1-5H3,(H2,24,26,29)/b25-12+. The third-order valence-corrected chi connectivity index (χ3v) is 4.96. The number of rotatable bonds is 8. The van der Waals surface area contributed by atoms with Crippen LogP contribution in [0.25, 0.3) is 0 Å². The molecule has 29 heavy (non-hydrogen) atoms. The number of methoxy groups -OCH3 is 1. The Balaban J connectivity index is 2.19. The first-order chi connectivity index (χ1) is 13.8. The minimum atomic E-state index is 0.301. The molecule has 0 amide bonds. The Labute approximate surface area is 183 Å². The van der Waals surface area contributed by atoms with Gasteiger partial charge in [0.1, 0.15) is 18.1 Å². The monoisotopic (exact) mass is 433 g/mol. The van der Waals surface area contributed by atoms with Crippen LogP contribution >= 0.6 is 23.8 Å². The van der Waals surface area contributed by atoms with Crippen molar-refractivity contribution < 1.29 is 9.47 Å². The van der Waals surface area contributed by atoms with E-state index in [-0.39, 0.29) is 0 Å². The average molecular weight is 434 g/mol. The summed E-state index contributed by atoms with van der Waals surface area (Å²) < 4.78 is 11.7. The van der Waals surface area contributed by atoms with Crippen molar-refractivity contribution in [3.05, 3.63) is 57.6 Å². The molecule has 0 aromatic heterocycles. The van der Waals surface area contributed by atoms with Gasteiger partial charge in [0.25, 0.3) is 0 Å². The minimum Gasteiger partial charge on any atom is -0.496 e. The summed E-state index contributed by atoms with van der Waals surface area (Å²) in [4.78, 5) is 0. The van der Waals surface area contributed by atoms with Gasteiger partial charge in [-0.1, -0.05) is 25.4 Å². The van der Waals surface area contributed by atoms with Gasteiger partial charge in [-0.05, 0) is 79.0 Å². The third kappa shape index (κ3) is 6.61. The van der Waals surface area contributed by atoms with Crippen LogP contribution in [0.5, 0.6) is 11.5 Å². The van der Waals surface area contributed by atoms with E-state index in [1.807, 2.05) is 44.2 Å². The van der Waals surface area contributed by atoms with Crippen molar-refractivity contribution in [2.45, 2.75) is 40.2 Å². The first-order valence-corrected chi connectivity index (χ1v) is 10.3. The fraction of sp³-hybridized carbons (Fsp3) is 0.364. The average Bonchev–Trinajstić information content (AvgIpc) is 2.68. The highest BCUT2D eigenvalue weighted by Gasteiger charge is 2.13. The van der Waals surface area contributed by atoms with Crippen LogP contribution in [0.1, 0.15) is 48.9 Å². The van der Waals surface area contributed by atoms with Crippen molar-refractivity contribution in [2.75, 3.05) is 13.7 Å². The van der Waals surface area contributed by atoms with E-state index in [4.69, 9.17) is 33.3 Å². The predicted molar refractivity (Wildman–Crippen MR) is 125 cm³/mol. The lowest BCUT2D eigenvalue weighted by Crippen LogP contribution is -2.31. The molecular weight excluding hydrogens is 406 g/mol. The summed E-state index contributed by atoms with van der Waals surface area (Å²) in [7, 11) is 1.65. The molecule has 2 aromatic carbocycles. The number of thiocarbonyl (C=S) groups is 1. The maximum absolute atomic E-state index is 6.30. The van der Waals surface area contributed by atoms with Gasteiger partial charge in [-0.3, -0.25) is 5.43 Å². The van der Waals surface area contributed by atoms with Gasteiger partial charge in [-0.25, -0.2) is 0 Å². The molecule has 0 unspecified atom stereocenters. The summed E-state index contributed by atoms with van der Waals surface area (Å²) in [5, 5.41) is 8.37. The molecule has 2 rings (SSSR count). The van der Waals surface area contributed by atoms with E-state index in [2.05, 4.69) is 29.7 Å². The Morgan fingerprint density at radius 2 is 2.00 bits per heavy atom. The zero-order valence-electron chi connectivity index (χ0n) is 17.5. The Kier molecular flexibility index (Phi) is 8.73. The number of benzene rings is 2. The van der Waals surface area contributed by atoms with E-state index in [1.54, 1.807) is 13.3 Å². The summed E-state index contributed by atoms with van der Waals surface area (Å²) in [5.41, 5.74) is 6.69. The number of nitrogens with zero attached hydrogens (tertiary/aromatic N) is 1. The zero-order chi connectivity index (χ0) is 21.4. The van der Waals surface area contributed by atoms with Crippen molar-refractivity contribution in [2.24, 2.45) is 5.10 Å². The van der Waals surface area contributed by atoms with Crippen LogP contribution in [-0.2, 0) is 6.61 Å². The summed E-state index contributed by atoms with van der Waals surface area (Å²) in [6, 6.07) is 9.78. The lowest BCUT2D eigenvalue weighted by Gasteiger charge is -2.17. The first kappa shape index (κ1) is 23.0. The van der Waals surface area contributed by atoms with E-state index >= 15 is 0 Å². The van der Waals surface area contributed by atoms with Crippen LogP contribution in [0, 0.1) is 6.92 Å². The highest BCUT2D eigenvalue weighted by Crippen LogP contribution is 2.33. The van der Waals surface area contributed by atoms with Gasteiger partial charge >= 0.3 is 0 Å². The Morgan fingerprint density at radius 1 is 1.24 bits per heavy atom. The van der Waals surface area contributed by atoms with Crippen LogP contribution in [0.4, 0.5) is 0 Å². The van der Waals surface area contributed by atoms with E-state index < -0.39 is 0 Å². The Morgan fingerprint density at radius 3 is 2.66 bits per heavy atom. The predicted octanol–water partition coefficient (Wildman–Crippen LogP) is 5.18. The second kappa shape index (κ2) is 11.0.